The van der Waals surface area contributed by atoms with E-state index >= 15 is 0 Å². The molecule has 6 nitrogen and oxygen atoms in total. The number of pyridine rings is 1. The van der Waals surface area contributed by atoms with Gasteiger partial charge in [0, 0.05) is 45.0 Å². The van der Waals surface area contributed by atoms with E-state index in [0.29, 0.717) is 12.0 Å². The first kappa shape index (κ1) is 18.7. The number of aryl methyl sites for hydroxylation is 1. The molecule has 1 aromatic carbocycles. The van der Waals surface area contributed by atoms with Crippen LogP contribution >= 0.6 is 0 Å². The Kier molecular flexibility index (Phi) is 4.91. The summed E-state index contributed by atoms with van der Waals surface area (Å²) in [6, 6.07) is 14.5. The van der Waals surface area contributed by atoms with Crippen LogP contribution in [0.1, 0.15) is 39.5 Å². The normalized spacial score (nSPS) is 19.0. The van der Waals surface area contributed by atoms with E-state index in [0.717, 1.165) is 50.1 Å². The fourth-order valence-corrected chi connectivity index (χ4v) is 4.34. The number of piperazine rings is 1. The fraction of sp³-hybridized carbons (Fsp3) is 0.333. The maximum atomic E-state index is 12.7. The van der Waals surface area contributed by atoms with Gasteiger partial charge in [0.05, 0.1) is 11.3 Å². The van der Waals surface area contributed by atoms with Gasteiger partial charge in [0.15, 0.2) is 5.78 Å². The van der Waals surface area contributed by atoms with Crippen molar-refractivity contribution in [2.75, 3.05) is 36.0 Å². The predicted octanol–water partition coefficient (Wildman–Crippen LogP) is 3.42. The van der Waals surface area contributed by atoms with E-state index in [-0.39, 0.29) is 11.7 Å². The molecule has 0 unspecified atom stereocenters. The lowest BCUT2D eigenvalue weighted by Crippen LogP contribution is -2.47. The molecule has 0 amide bonds. The van der Waals surface area contributed by atoms with Crippen LogP contribution in [-0.4, -0.2) is 46.9 Å². The molecule has 152 valence electrons. The van der Waals surface area contributed by atoms with Crippen molar-refractivity contribution in [3.05, 3.63) is 77.2 Å². The minimum atomic E-state index is 0.147. The Morgan fingerprint density at radius 3 is 2.40 bits per heavy atom. The van der Waals surface area contributed by atoms with Crippen molar-refractivity contribution in [2.45, 2.75) is 25.7 Å². The molecule has 0 N–H and O–H groups in total. The van der Waals surface area contributed by atoms with E-state index in [2.05, 4.69) is 51.0 Å². The number of hydrogen-bond acceptors (Lipinski definition) is 6. The molecule has 6 heteroatoms. The average molecular weight is 399 g/mol. The molecule has 5 rings (SSSR count). The topological polar surface area (TPSA) is 62.2 Å². The summed E-state index contributed by atoms with van der Waals surface area (Å²) in [6.07, 6.45) is 4.88. The van der Waals surface area contributed by atoms with Crippen molar-refractivity contribution in [3.63, 3.8) is 0 Å². The second-order valence-electron chi connectivity index (χ2n) is 8.13. The Labute approximate surface area is 176 Å². The quantitative estimate of drug-likeness (QED) is 0.673. The van der Waals surface area contributed by atoms with Gasteiger partial charge in [-0.2, -0.15) is 0 Å². The lowest BCUT2D eigenvalue weighted by Gasteiger charge is -2.35. The molecular formula is C24H25N5O. The Hall–Kier alpha value is -3.28. The molecule has 30 heavy (non-hydrogen) atoms. The molecule has 0 radical (unpaired) electrons. The molecule has 0 bridgehead atoms. The molecule has 3 aromatic rings. The average Bonchev–Trinajstić information content (AvgIpc) is 2.80. The fourth-order valence-electron chi connectivity index (χ4n) is 4.34. The summed E-state index contributed by atoms with van der Waals surface area (Å²) in [4.78, 5) is 31.0. The molecule has 1 saturated heterocycles. The third kappa shape index (κ3) is 3.65. The van der Waals surface area contributed by atoms with E-state index in [4.69, 9.17) is 4.98 Å². The third-order valence-electron chi connectivity index (χ3n) is 6.11. The Balaban J connectivity index is 1.32. The van der Waals surface area contributed by atoms with Gasteiger partial charge in [-0.1, -0.05) is 35.9 Å². The second kappa shape index (κ2) is 7.86. The number of carbonyl (C=O) groups is 1. The monoisotopic (exact) mass is 399 g/mol. The van der Waals surface area contributed by atoms with Gasteiger partial charge in [-0.3, -0.25) is 4.79 Å². The van der Waals surface area contributed by atoms with Gasteiger partial charge in [-0.05, 0) is 37.0 Å². The molecule has 1 fully saturated rings. The van der Waals surface area contributed by atoms with Crippen LogP contribution in [-0.2, 0) is 6.42 Å². The van der Waals surface area contributed by atoms with E-state index < -0.39 is 0 Å². The van der Waals surface area contributed by atoms with Crippen LogP contribution < -0.4 is 9.80 Å². The van der Waals surface area contributed by atoms with Crippen LogP contribution in [0.5, 0.6) is 0 Å². The molecule has 2 aromatic heterocycles. The molecule has 2 aliphatic rings. The van der Waals surface area contributed by atoms with Gasteiger partial charge in [0.1, 0.15) is 5.82 Å². The third-order valence-corrected chi connectivity index (χ3v) is 6.11. The number of ketones is 1. The van der Waals surface area contributed by atoms with E-state index in [1.54, 1.807) is 6.20 Å². The summed E-state index contributed by atoms with van der Waals surface area (Å²) in [7, 11) is 0. The Morgan fingerprint density at radius 2 is 1.67 bits per heavy atom. The van der Waals surface area contributed by atoms with Gasteiger partial charge < -0.3 is 9.80 Å². The Morgan fingerprint density at radius 1 is 0.900 bits per heavy atom. The van der Waals surface area contributed by atoms with Gasteiger partial charge in [-0.25, -0.2) is 15.0 Å². The summed E-state index contributed by atoms with van der Waals surface area (Å²) in [6.45, 7) is 5.51. The van der Waals surface area contributed by atoms with Crippen LogP contribution in [0, 0.1) is 6.92 Å². The standard InChI is InChI=1S/C24H25N5O/c1-17-5-7-18(8-6-17)19-14-21-20(22(30)15-19)16-26-24(27-21)29-12-10-28(11-13-29)23-4-2-3-9-25-23/h2-9,16,19H,10-15H2,1H3/t19-/m0/s1. The number of fused-ring (bicyclic) bond motifs is 1. The Bertz CT molecular complexity index is 1040. The highest BCUT2D eigenvalue weighted by molar-refractivity contribution is 5.98. The van der Waals surface area contributed by atoms with Gasteiger partial charge in [0.2, 0.25) is 5.95 Å². The largest absolute Gasteiger partial charge is 0.353 e. The lowest BCUT2D eigenvalue weighted by atomic mass is 9.82. The second-order valence-corrected chi connectivity index (χ2v) is 8.13. The highest BCUT2D eigenvalue weighted by atomic mass is 16.1. The smallest absolute Gasteiger partial charge is 0.225 e. The van der Waals surface area contributed by atoms with Crippen LogP contribution in [0.25, 0.3) is 0 Å². The molecule has 1 atom stereocenters. The predicted molar refractivity (Wildman–Crippen MR) is 117 cm³/mol. The number of aromatic nitrogens is 3. The molecular weight excluding hydrogens is 374 g/mol. The number of anilines is 2. The highest BCUT2D eigenvalue weighted by Crippen LogP contribution is 2.32. The first-order chi connectivity index (χ1) is 14.7. The van der Waals surface area contributed by atoms with Crippen molar-refractivity contribution < 1.29 is 4.79 Å². The maximum Gasteiger partial charge on any atom is 0.225 e. The van der Waals surface area contributed by atoms with Crippen LogP contribution in [0.4, 0.5) is 11.8 Å². The first-order valence-electron chi connectivity index (χ1n) is 10.5. The number of hydrogen-bond donors (Lipinski definition) is 0. The molecule has 1 aliphatic carbocycles. The van der Waals surface area contributed by atoms with Gasteiger partial charge >= 0.3 is 0 Å². The van der Waals surface area contributed by atoms with Crippen molar-refractivity contribution in [3.8, 4) is 0 Å². The first-order valence-corrected chi connectivity index (χ1v) is 10.5. The van der Waals surface area contributed by atoms with Gasteiger partial charge in [-0.15, -0.1) is 0 Å². The lowest BCUT2D eigenvalue weighted by molar-refractivity contribution is 0.0962. The number of nitrogens with zero attached hydrogens (tertiary/aromatic N) is 5. The molecule has 0 saturated carbocycles. The van der Waals surface area contributed by atoms with E-state index in [1.165, 1.54) is 11.1 Å². The zero-order valence-electron chi connectivity index (χ0n) is 17.2. The molecule has 0 spiro atoms. The minimum absolute atomic E-state index is 0.147. The zero-order chi connectivity index (χ0) is 20.5. The molecule has 3 heterocycles. The number of Topliss-reactive ketones (excluding diaryl/α,β-unsaturated/α-hetero) is 1. The number of rotatable bonds is 3. The highest BCUT2D eigenvalue weighted by Gasteiger charge is 2.29. The van der Waals surface area contributed by atoms with Gasteiger partial charge in [0.25, 0.3) is 0 Å². The molecule has 1 aliphatic heterocycles. The van der Waals surface area contributed by atoms with Crippen molar-refractivity contribution in [1.82, 2.24) is 15.0 Å². The summed E-state index contributed by atoms with van der Waals surface area (Å²) >= 11 is 0. The maximum absolute atomic E-state index is 12.7. The van der Waals surface area contributed by atoms with Crippen molar-refractivity contribution >= 4 is 17.5 Å². The van der Waals surface area contributed by atoms with E-state index in [9.17, 15) is 4.79 Å². The van der Waals surface area contributed by atoms with Crippen LogP contribution in [0.2, 0.25) is 0 Å². The van der Waals surface area contributed by atoms with Crippen molar-refractivity contribution in [2.24, 2.45) is 0 Å². The summed E-state index contributed by atoms with van der Waals surface area (Å²) in [5.41, 5.74) is 4.02. The van der Waals surface area contributed by atoms with Crippen LogP contribution in [0.15, 0.2) is 54.9 Å². The number of carbonyl (C=O) groups excluding carboxylic acids is 1. The minimum Gasteiger partial charge on any atom is -0.353 e. The SMILES string of the molecule is Cc1ccc([C@@H]2CC(=O)c3cnc(N4CCN(c5ccccn5)CC4)nc3C2)cc1. The summed E-state index contributed by atoms with van der Waals surface area (Å²) < 4.78 is 0. The van der Waals surface area contributed by atoms with E-state index in [1.807, 2.05) is 24.4 Å². The number of benzene rings is 1. The van der Waals surface area contributed by atoms with Crippen molar-refractivity contribution in [1.29, 1.82) is 0 Å². The zero-order valence-corrected chi connectivity index (χ0v) is 17.2. The summed E-state index contributed by atoms with van der Waals surface area (Å²) in [5.74, 6) is 2.07. The van der Waals surface area contributed by atoms with Crippen LogP contribution in [0.3, 0.4) is 0 Å². The summed E-state index contributed by atoms with van der Waals surface area (Å²) in [5, 5.41) is 0.